The second-order valence-electron chi connectivity index (χ2n) is 2.87. The second kappa shape index (κ2) is 2.58. The van der Waals surface area contributed by atoms with E-state index in [1.807, 2.05) is 6.92 Å². The van der Waals surface area contributed by atoms with Crippen molar-refractivity contribution < 1.29 is 14.6 Å². The minimum atomic E-state index is -0.579. The molecule has 3 nitrogen and oxygen atoms in total. The topological polar surface area (TPSA) is 46.5 Å². The van der Waals surface area contributed by atoms with Crippen LogP contribution in [0.15, 0.2) is 0 Å². The number of hydrogen-bond donors (Lipinski definition) is 1. The van der Waals surface area contributed by atoms with Crippen molar-refractivity contribution in [2.75, 3.05) is 6.61 Å². The van der Waals surface area contributed by atoms with Crippen LogP contribution in [0.2, 0.25) is 0 Å². The second-order valence-corrected chi connectivity index (χ2v) is 2.87. The van der Waals surface area contributed by atoms with Crippen molar-refractivity contribution in [3.05, 3.63) is 0 Å². The quantitative estimate of drug-likeness (QED) is 0.534. The molecule has 0 radical (unpaired) electrons. The van der Waals surface area contributed by atoms with E-state index in [1.165, 1.54) is 0 Å². The van der Waals surface area contributed by atoms with Crippen molar-refractivity contribution in [2.45, 2.75) is 20.0 Å². The van der Waals surface area contributed by atoms with E-state index < -0.39 is 6.10 Å². The van der Waals surface area contributed by atoms with E-state index in [2.05, 4.69) is 0 Å². The Morgan fingerprint density at radius 3 is 2.60 bits per heavy atom. The summed E-state index contributed by atoms with van der Waals surface area (Å²) in [7, 11) is 0. The maximum absolute atomic E-state index is 10.8. The molecule has 1 aliphatic heterocycles. The van der Waals surface area contributed by atoms with E-state index in [0.717, 1.165) is 0 Å². The van der Waals surface area contributed by atoms with Gasteiger partial charge in [-0.1, -0.05) is 6.92 Å². The van der Waals surface area contributed by atoms with Crippen LogP contribution in [-0.4, -0.2) is 23.8 Å². The van der Waals surface area contributed by atoms with E-state index in [-0.39, 0.29) is 17.8 Å². The third-order valence-electron chi connectivity index (χ3n) is 1.89. The fourth-order valence-electron chi connectivity index (χ4n) is 1.32. The normalized spacial score (nSPS) is 35.7. The summed E-state index contributed by atoms with van der Waals surface area (Å²) >= 11 is 0. The highest BCUT2D eigenvalue weighted by molar-refractivity contribution is 5.75. The number of ether oxygens (including phenoxy) is 1. The monoisotopic (exact) mass is 144 g/mol. The molecule has 0 bridgehead atoms. The van der Waals surface area contributed by atoms with Gasteiger partial charge in [-0.3, -0.25) is 4.79 Å². The Hall–Kier alpha value is -0.570. The van der Waals surface area contributed by atoms with Crippen molar-refractivity contribution >= 4 is 5.97 Å². The van der Waals surface area contributed by atoms with Gasteiger partial charge in [-0.2, -0.15) is 0 Å². The van der Waals surface area contributed by atoms with Gasteiger partial charge < -0.3 is 9.84 Å². The van der Waals surface area contributed by atoms with Gasteiger partial charge in [-0.15, -0.1) is 0 Å². The van der Waals surface area contributed by atoms with E-state index >= 15 is 0 Å². The lowest BCUT2D eigenvalue weighted by atomic mass is 9.93. The largest absolute Gasteiger partial charge is 0.465 e. The van der Waals surface area contributed by atoms with E-state index in [4.69, 9.17) is 9.84 Å². The molecule has 3 heteroatoms. The maximum atomic E-state index is 10.8. The first-order valence-corrected chi connectivity index (χ1v) is 3.47. The summed E-state index contributed by atoms with van der Waals surface area (Å²) in [6.07, 6.45) is -0.579. The molecule has 0 spiro atoms. The summed E-state index contributed by atoms with van der Waals surface area (Å²) in [5.41, 5.74) is 0. The number of carbonyl (C=O) groups excluding carboxylic acids is 1. The summed E-state index contributed by atoms with van der Waals surface area (Å²) in [5.74, 6) is -0.407. The Morgan fingerprint density at radius 2 is 2.40 bits per heavy atom. The fourth-order valence-corrected chi connectivity index (χ4v) is 1.32. The fraction of sp³-hybridized carbons (Fsp3) is 0.857. The molecule has 58 valence electrons. The lowest BCUT2D eigenvalue weighted by molar-refractivity contribution is -0.143. The number of cyclic esters (lactones) is 1. The van der Waals surface area contributed by atoms with Crippen molar-refractivity contribution in [3.63, 3.8) is 0 Å². The molecule has 1 rings (SSSR count). The molecule has 1 aliphatic rings. The minimum absolute atomic E-state index is 0.160. The van der Waals surface area contributed by atoms with Gasteiger partial charge in [0.2, 0.25) is 0 Å². The summed E-state index contributed by atoms with van der Waals surface area (Å²) in [6, 6.07) is 0. The van der Waals surface area contributed by atoms with Crippen LogP contribution in [-0.2, 0) is 9.53 Å². The summed E-state index contributed by atoms with van der Waals surface area (Å²) in [4.78, 5) is 10.8. The van der Waals surface area contributed by atoms with Gasteiger partial charge in [-0.05, 0) is 6.92 Å². The van der Waals surface area contributed by atoms with Crippen LogP contribution in [0.3, 0.4) is 0 Å². The molecular formula is C7H12O3. The average Bonchev–Trinajstić information content (AvgIpc) is 2.11. The van der Waals surface area contributed by atoms with Crippen LogP contribution >= 0.6 is 0 Å². The Kier molecular flexibility index (Phi) is 1.94. The van der Waals surface area contributed by atoms with Crippen molar-refractivity contribution in [2.24, 2.45) is 11.8 Å². The Balaban J connectivity index is 2.63. The third kappa shape index (κ3) is 1.14. The van der Waals surface area contributed by atoms with Gasteiger partial charge in [0.25, 0.3) is 0 Å². The maximum Gasteiger partial charge on any atom is 0.311 e. The van der Waals surface area contributed by atoms with Crippen LogP contribution in [0.5, 0.6) is 0 Å². The zero-order valence-corrected chi connectivity index (χ0v) is 6.20. The van der Waals surface area contributed by atoms with Crippen molar-refractivity contribution in [1.82, 2.24) is 0 Å². The third-order valence-corrected chi connectivity index (χ3v) is 1.89. The number of hydrogen-bond acceptors (Lipinski definition) is 3. The Bertz CT molecular complexity index is 142. The average molecular weight is 144 g/mol. The predicted octanol–water partition coefficient (Wildman–Crippen LogP) is 0.176. The molecule has 0 aliphatic carbocycles. The highest BCUT2D eigenvalue weighted by Crippen LogP contribution is 2.24. The van der Waals surface area contributed by atoms with Crippen LogP contribution in [0.1, 0.15) is 13.8 Å². The first-order valence-electron chi connectivity index (χ1n) is 3.47. The zero-order valence-electron chi connectivity index (χ0n) is 6.20. The van der Waals surface area contributed by atoms with Crippen molar-refractivity contribution in [1.29, 1.82) is 0 Å². The number of esters is 1. The number of carbonyl (C=O) groups is 1. The smallest absolute Gasteiger partial charge is 0.311 e. The molecule has 1 N–H and O–H groups in total. The van der Waals surface area contributed by atoms with Gasteiger partial charge in [0.1, 0.15) is 0 Å². The Labute approximate surface area is 60.0 Å². The van der Waals surface area contributed by atoms with Crippen LogP contribution in [0.4, 0.5) is 0 Å². The first kappa shape index (κ1) is 7.54. The summed E-state index contributed by atoms with van der Waals surface area (Å²) < 4.78 is 4.74. The molecule has 10 heavy (non-hydrogen) atoms. The van der Waals surface area contributed by atoms with Crippen LogP contribution in [0, 0.1) is 11.8 Å². The van der Waals surface area contributed by atoms with Gasteiger partial charge in [0, 0.05) is 5.92 Å². The molecule has 1 fully saturated rings. The SMILES string of the molecule is C[C@@H]1COC(=O)[C@H]1[C@@H](C)O. The molecule has 0 aromatic heterocycles. The van der Waals surface area contributed by atoms with E-state index in [9.17, 15) is 4.79 Å². The van der Waals surface area contributed by atoms with Gasteiger partial charge >= 0.3 is 5.97 Å². The van der Waals surface area contributed by atoms with Gasteiger partial charge in [-0.25, -0.2) is 0 Å². The lowest BCUT2D eigenvalue weighted by Gasteiger charge is -2.12. The summed E-state index contributed by atoms with van der Waals surface area (Å²) in [6.45, 7) is 3.98. The molecule has 0 amide bonds. The number of aliphatic hydroxyl groups excluding tert-OH is 1. The molecule has 1 saturated heterocycles. The molecule has 0 unspecified atom stereocenters. The highest BCUT2D eigenvalue weighted by atomic mass is 16.5. The van der Waals surface area contributed by atoms with E-state index in [1.54, 1.807) is 6.92 Å². The molecule has 0 saturated carbocycles. The Morgan fingerprint density at radius 1 is 1.80 bits per heavy atom. The first-order chi connectivity index (χ1) is 4.63. The molecule has 1 heterocycles. The van der Waals surface area contributed by atoms with Crippen LogP contribution < -0.4 is 0 Å². The molecule has 0 aromatic carbocycles. The highest BCUT2D eigenvalue weighted by Gasteiger charge is 2.36. The predicted molar refractivity (Wildman–Crippen MR) is 35.3 cm³/mol. The van der Waals surface area contributed by atoms with E-state index in [0.29, 0.717) is 6.61 Å². The van der Waals surface area contributed by atoms with Crippen molar-refractivity contribution in [3.8, 4) is 0 Å². The standard InChI is InChI=1S/C7H12O3/c1-4-3-10-7(9)6(4)5(2)8/h4-6,8H,3H2,1-2H3/t4-,5-,6-/m1/s1. The summed E-state index contributed by atoms with van der Waals surface area (Å²) in [5, 5.41) is 9.09. The zero-order chi connectivity index (χ0) is 7.72. The van der Waals surface area contributed by atoms with Crippen LogP contribution in [0.25, 0.3) is 0 Å². The number of aliphatic hydroxyl groups is 1. The lowest BCUT2D eigenvalue weighted by Crippen LogP contribution is -2.25. The molecule has 3 atom stereocenters. The molecule has 0 aromatic rings. The number of rotatable bonds is 1. The van der Waals surface area contributed by atoms with Gasteiger partial charge in [0.05, 0.1) is 18.6 Å². The van der Waals surface area contributed by atoms with Gasteiger partial charge in [0.15, 0.2) is 0 Å². The minimum Gasteiger partial charge on any atom is -0.465 e. The molecular weight excluding hydrogens is 132 g/mol.